The quantitative estimate of drug-likeness (QED) is 0.760. The third kappa shape index (κ3) is 6.22. The summed E-state index contributed by atoms with van der Waals surface area (Å²) in [6.07, 6.45) is 2.92. The number of carbonyl (C=O) groups excluding carboxylic acids is 1. The molecule has 5 nitrogen and oxygen atoms in total. The molecular formula is C21H28ClN3O2. The van der Waals surface area contributed by atoms with Crippen LogP contribution < -0.4 is 4.74 Å². The van der Waals surface area contributed by atoms with E-state index >= 15 is 0 Å². The number of aromatic nitrogens is 1. The molecule has 0 saturated carbocycles. The van der Waals surface area contributed by atoms with Crippen LogP contribution in [0.15, 0.2) is 48.7 Å². The summed E-state index contributed by atoms with van der Waals surface area (Å²) in [5, 5.41) is 0. The van der Waals surface area contributed by atoms with E-state index in [1.165, 1.54) is 0 Å². The van der Waals surface area contributed by atoms with Crippen molar-refractivity contribution in [3.8, 4) is 5.75 Å². The standard InChI is InChI=1S/C21H27N3O2.ClH/c1-17(2)26-20-8-6-18(7-9-20)21(25)24-15-13-23(14-16-24)12-10-19-5-3-4-11-22-19;/h3-9,11,17H,10,12-16H2,1-2H3;1H. The zero-order chi connectivity index (χ0) is 18.4. The minimum atomic E-state index is 0. The van der Waals surface area contributed by atoms with Crippen molar-refractivity contribution >= 4 is 18.3 Å². The summed E-state index contributed by atoms with van der Waals surface area (Å²) < 4.78 is 5.64. The smallest absolute Gasteiger partial charge is 0.253 e. The minimum Gasteiger partial charge on any atom is -0.491 e. The maximum atomic E-state index is 12.7. The van der Waals surface area contributed by atoms with Crippen LogP contribution in [0.4, 0.5) is 0 Å². The summed E-state index contributed by atoms with van der Waals surface area (Å²) in [7, 11) is 0. The van der Waals surface area contributed by atoms with Crippen molar-refractivity contribution in [1.82, 2.24) is 14.8 Å². The third-order valence-electron chi connectivity index (χ3n) is 4.54. The molecular weight excluding hydrogens is 362 g/mol. The fourth-order valence-corrected chi connectivity index (χ4v) is 3.12. The van der Waals surface area contributed by atoms with Crippen molar-refractivity contribution in [2.24, 2.45) is 0 Å². The Hall–Kier alpha value is -2.11. The Balaban J connectivity index is 0.00000261. The molecule has 1 aliphatic heterocycles. The number of piperazine rings is 1. The van der Waals surface area contributed by atoms with Crippen LogP contribution in [0.25, 0.3) is 0 Å². The number of amides is 1. The summed E-state index contributed by atoms with van der Waals surface area (Å²) >= 11 is 0. The molecule has 0 unspecified atom stereocenters. The van der Waals surface area contributed by atoms with Crippen LogP contribution in [0.2, 0.25) is 0 Å². The lowest BCUT2D eigenvalue weighted by molar-refractivity contribution is 0.0638. The van der Waals surface area contributed by atoms with Gasteiger partial charge in [0.05, 0.1) is 6.10 Å². The number of hydrogen-bond acceptors (Lipinski definition) is 4. The predicted molar refractivity (Wildman–Crippen MR) is 110 cm³/mol. The van der Waals surface area contributed by atoms with Gasteiger partial charge in [-0.3, -0.25) is 14.7 Å². The Kier molecular flexibility index (Phi) is 8.07. The van der Waals surface area contributed by atoms with Crippen molar-refractivity contribution < 1.29 is 9.53 Å². The van der Waals surface area contributed by atoms with Gasteiger partial charge in [-0.2, -0.15) is 0 Å². The maximum absolute atomic E-state index is 12.7. The Bertz CT molecular complexity index is 699. The van der Waals surface area contributed by atoms with Crippen LogP contribution in [-0.4, -0.2) is 59.5 Å². The SMILES string of the molecule is CC(C)Oc1ccc(C(=O)N2CCN(CCc3ccccn3)CC2)cc1.Cl. The molecule has 1 aromatic carbocycles. The Morgan fingerprint density at radius 3 is 2.37 bits per heavy atom. The van der Waals surface area contributed by atoms with E-state index in [-0.39, 0.29) is 24.4 Å². The lowest BCUT2D eigenvalue weighted by Gasteiger charge is -2.34. The number of carbonyl (C=O) groups is 1. The summed E-state index contributed by atoms with van der Waals surface area (Å²) in [6, 6.07) is 13.5. The van der Waals surface area contributed by atoms with E-state index in [0.717, 1.165) is 56.2 Å². The van der Waals surface area contributed by atoms with Gasteiger partial charge in [-0.1, -0.05) is 6.07 Å². The molecule has 1 aromatic heterocycles. The minimum absolute atomic E-state index is 0. The largest absolute Gasteiger partial charge is 0.491 e. The molecule has 2 aromatic rings. The molecule has 0 aliphatic carbocycles. The predicted octanol–water partition coefficient (Wildman–Crippen LogP) is 3.29. The molecule has 1 amide bonds. The Morgan fingerprint density at radius 1 is 1.07 bits per heavy atom. The summed E-state index contributed by atoms with van der Waals surface area (Å²) in [5.74, 6) is 0.904. The van der Waals surface area contributed by atoms with Crippen LogP contribution in [0, 0.1) is 0 Å². The van der Waals surface area contributed by atoms with E-state index in [0.29, 0.717) is 0 Å². The Morgan fingerprint density at radius 2 is 1.78 bits per heavy atom. The van der Waals surface area contributed by atoms with E-state index in [2.05, 4.69) is 16.0 Å². The molecule has 3 rings (SSSR count). The number of rotatable bonds is 6. The molecule has 6 heteroatoms. The average Bonchev–Trinajstić information content (AvgIpc) is 2.67. The third-order valence-corrected chi connectivity index (χ3v) is 4.54. The fraction of sp³-hybridized carbons (Fsp3) is 0.429. The van der Waals surface area contributed by atoms with Gasteiger partial charge in [0.15, 0.2) is 0 Å². The molecule has 0 N–H and O–H groups in total. The van der Waals surface area contributed by atoms with Crippen LogP contribution in [0.3, 0.4) is 0 Å². The second kappa shape index (κ2) is 10.3. The number of ether oxygens (including phenoxy) is 1. The highest BCUT2D eigenvalue weighted by molar-refractivity contribution is 5.94. The highest BCUT2D eigenvalue weighted by atomic mass is 35.5. The van der Waals surface area contributed by atoms with Gasteiger partial charge in [0.25, 0.3) is 5.91 Å². The number of benzene rings is 1. The molecule has 0 spiro atoms. The van der Waals surface area contributed by atoms with E-state index in [1.807, 2.05) is 61.3 Å². The Labute approximate surface area is 167 Å². The van der Waals surface area contributed by atoms with Gasteiger partial charge in [-0.25, -0.2) is 0 Å². The highest BCUT2D eigenvalue weighted by Crippen LogP contribution is 2.16. The van der Waals surface area contributed by atoms with Crippen LogP contribution in [-0.2, 0) is 6.42 Å². The monoisotopic (exact) mass is 389 g/mol. The summed E-state index contributed by atoms with van der Waals surface area (Å²) in [5.41, 5.74) is 1.85. The number of nitrogens with zero attached hydrogens (tertiary/aromatic N) is 3. The van der Waals surface area contributed by atoms with E-state index in [4.69, 9.17) is 4.74 Å². The first-order valence-electron chi connectivity index (χ1n) is 9.30. The van der Waals surface area contributed by atoms with Gasteiger partial charge >= 0.3 is 0 Å². The van der Waals surface area contributed by atoms with Crippen molar-refractivity contribution in [2.45, 2.75) is 26.4 Å². The zero-order valence-corrected chi connectivity index (χ0v) is 16.8. The normalized spacial score (nSPS) is 14.7. The van der Waals surface area contributed by atoms with Crippen molar-refractivity contribution in [3.05, 3.63) is 59.9 Å². The molecule has 0 radical (unpaired) electrons. The van der Waals surface area contributed by atoms with Gasteiger partial charge < -0.3 is 9.64 Å². The van der Waals surface area contributed by atoms with Crippen LogP contribution in [0.5, 0.6) is 5.75 Å². The fourth-order valence-electron chi connectivity index (χ4n) is 3.12. The molecule has 146 valence electrons. The second-order valence-corrected chi connectivity index (χ2v) is 6.90. The van der Waals surface area contributed by atoms with Crippen molar-refractivity contribution in [1.29, 1.82) is 0 Å². The maximum Gasteiger partial charge on any atom is 0.253 e. The molecule has 1 aliphatic rings. The van der Waals surface area contributed by atoms with Gasteiger partial charge in [0, 0.05) is 56.6 Å². The first-order valence-corrected chi connectivity index (χ1v) is 9.30. The molecule has 1 fully saturated rings. The topological polar surface area (TPSA) is 45.7 Å². The van der Waals surface area contributed by atoms with E-state index < -0.39 is 0 Å². The zero-order valence-electron chi connectivity index (χ0n) is 16.0. The molecule has 2 heterocycles. The molecule has 0 atom stereocenters. The van der Waals surface area contributed by atoms with Gasteiger partial charge in [0.2, 0.25) is 0 Å². The first-order chi connectivity index (χ1) is 12.6. The van der Waals surface area contributed by atoms with Crippen LogP contribution >= 0.6 is 12.4 Å². The van der Waals surface area contributed by atoms with E-state index in [9.17, 15) is 4.79 Å². The van der Waals surface area contributed by atoms with Gasteiger partial charge in [-0.15, -0.1) is 12.4 Å². The summed E-state index contributed by atoms with van der Waals surface area (Å²) in [6.45, 7) is 8.33. The van der Waals surface area contributed by atoms with Gasteiger partial charge in [-0.05, 0) is 50.2 Å². The first kappa shape index (κ1) is 21.2. The lowest BCUT2D eigenvalue weighted by Crippen LogP contribution is -2.49. The van der Waals surface area contributed by atoms with Crippen LogP contribution in [0.1, 0.15) is 29.9 Å². The lowest BCUT2D eigenvalue weighted by atomic mass is 10.1. The summed E-state index contributed by atoms with van der Waals surface area (Å²) in [4.78, 5) is 21.4. The number of hydrogen-bond donors (Lipinski definition) is 0. The highest BCUT2D eigenvalue weighted by Gasteiger charge is 2.22. The molecule has 27 heavy (non-hydrogen) atoms. The molecule has 0 bridgehead atoms. The second-order valence-electron chi connectivity index (χ2n) is 6.90. The number of halogens is 1. The van der Waals surface area contributed by atoms with Gasteiger partial charge in [0.1, 0.15) is 5.75 Å². The molecule has 1 saturated heterocycles. The average molecular weight is 390 g/mol. The number of pyridine rings is 1. The van der Waals surface area contributed by atoms with Crippen molar-refractivity contribution in [3.63, 3.8) is 0 Å². The van der Waals surface area contributed by atoms with Crippen molar-refractivity contribution in [2.75, 3.05) is 32.7 Å². The van der Waals surface area contributed by atoms with E-state index in [1.54, 1.807) is 0 Å².